The van der Waals surface area contributed by atoms with Crippen LogP contribution in [0.15, 0.2) is 48.5 Å². The monoisotopic (exact) mass is 406 g/mol. The van der Waals surface area contributed by atoms with Crippen LogP contribution in [0.1, 0.15) is 28.8 Å². The molecular weight excluding hydrogens is 385 g/mol. The number of anilines is 1. The second kappa shape index (κ2) is 8.55. The number of alkyl halides is 3. The van der Waals surface area contributed by atoms with Gasteiger partial charge in [-0.15, -0.1) is 0 Å². The Morgan fingerprint density at radius 3 is 2.10 bits per heavy atom. The molecule has 3 rings (SSSR count). The number of hydrogen-bond donors (Lipinski definition) is 1. The summed E-state index contributed by atoms with van der Waals surface area (Å²) in [5, 5.41) is 2.66. The molecule has 2 aromatic carbocycles. The zero-order valence-electron chi connectivity index (χ0n) is 15.8. The second-order valence-electron chi connectivity index (χ2n) is 6.86. The van der Waals surface area contributed by atoms with Crippen molar-refractivity contribution in [2.24, 2.45) is 5.92 Å². The quantitative estimate of drug-likeness (QED) is 0.828. The van der Waals surface area contributed by atoms with Crippen LogP contribution in [-0.2, 0) is 11.0 Å². The molecular formula is C21H21F3N2O3. The lowest BCUT2D eigenvalue weighted by Crippen LogP contribution is -2.41. The topological polar surface area (TPSA) is 58.6 Å². The van der Waals surface area contributed by atoms with Gasteiger partial charge in [0, 0.05) is 30.3 Å². The van der Waals surface area contributed by atoms with Crippen molar-refractivity contribution in [1.82, 2.24) is 4.90 Å². The average molecular weight is 406 g/mol. The summed E-state index contributed by atoms with van der Waals surface area (Å²) in [7, 11) is 1.55. The summed E-state index contributed by atoms with van der Waals surface area (Å²) in [4.78, 5) is 26.7. The van der Waals surface area contributed by atoms with E-state index in [1.807, 2.05) is 0 Å². The van der Waals surface area contributed by atoms with Crippen molar-refractivity contribution in [1.29, 1.82) is 0 Å². The SMILES string of the molecule is COc1ccc(C(=O)N2CCC(C(=O)Nc3ccc(C(F)(F)F)cc3)CC2)cc1. The first kappa shape index (κ1) is 20.7. The number of ether oxygens (including phenoxy) is 1. The molecule has 1 heterocycles. The Morgan fingerprint density at radius 1 is 1.00 bits per heavy atom. The van der Waals surface area contributed by atoms with Crippen LogP contribution in [0.5, 0.6) is 5.75 Å². The van der Waals surface area contributed by atoms with Crippen molar-refractivity contribution in [3.63, 3.8) is 0 Å². The molecule has 0 unspecified atom stereocenters. The largest absolute Gasteiger partial charge is 0.497 e. The van der Waals surface area contributed by atoms with E-state index in [0.717, 1.165) is 12.1 Å². The van der Waals surface area contributed by atoms with Crippen LogP contribution in [-0.4, -0.2) is 36.9 Å². The van der Waals surface area contributed by atoms with Crippen LogP contribution >= 0.6 is 0 Å². The van der Waals surface area contributed by atoms with E-state index in [9.17, 15) is 22.8 Å². The molecule has 1 N–H and O–H groups in total. The highest BCUT2D eigenvalue weighted by atomic mass is 19.4. The third-order valence-corrected chi connectivity index (χ3v) is 4.97. The molecule has 29 heavy (non-hydrogen) atoms. The first-order valence-electron chi connectivity index (χ1n) is 9.19. The Balaban J connectivity index is 1.53. The predicted octanol–water partition coefficient (Wildman–Crippen LogP) is 4.20. The fourth-order valence-corrected chi connectivity index (χ4v) is 3.25. The van der Waals surface area contributed by atoms with E-state index >= 15 is 0 Å². The zero-order valence-corrected chi connectivity index (χ0v) is 15.8. The van der Waals surface area contributed by atoms with E-state index in [2.05, 4.69) is 5.32 Å². The first-order chi connectivity index (χ1) is 13.8. The first-order valence-corrected chi connectivity index (χ1v) is 9.19. The molecule has 1 saturated heterocycles. The van der Waals surface area contributed by atoms with Crippen molar-refractivity contribution < 1.29 is 27.5 Å². The average Bonchev–Trinajstić information content (AvgIpc) is 2.73. The van der Waals surface area contributed by atoms with Gasteiger partial charge in [0.25, 0.3) is 5.91 Å². The number of halogens is 3. The smallest absolute Gasteiger partial charge is 0.416 e. The van der Waals surface area contributed by atoms with Gasteiger partial charge in [0.15, 0.2) is 0 Å². The lowest BCUT2D eigenvalue weighted by molar-refractivity contribution is -0.137. The Labute approximate surface area is 166 Å². The van der Waals surface area contributed by atoms with Gasteiger partial charge in [-0.25, -0.2) is 0 Å². The number of amides is 2. The molecule has 0 aromatic heterocycles. The van der Waals surface area contributed by atoms with E-state index in [0.29, 0.717) is 42.9 Å². The summed E-state index contributed by atoms with van der Waals surface area (Å²) in [6.45, 7) is 0.881. The maximum Gasteiger partial charge on any atom is 0.416 e. The highest BCUT2D eigenvalue weighted by molar-refractivity contribution is 5.95. The number of carbonyl (C=O) groups is 2. The molecule has 0 spiro atoms. The number of likely N-dealkylation sites (tertiary alicyclic amines) is 1. The molecule has 2 amide bonds. The van der Waals surface area contributed by atoms with Gasteiger partial charge in [-0.1, -0.05) is 0 Å². The van der Waals surface area contributed by atoms with Crippen molar-refractivity contribution in [3.05, 3.63) is 59.7 Å². The van der Waals surface area contributed by atoms with Gasteiger partial charge in [0.05, 0.1) is 12.7 Å². The van der Waals surface area contributed by atoms with Gasteiger partial charge >= 0.3 is 6.18 Å². The predicted molar refractivity (Wildman–Crippen MR) is 102 cm³/mol. The summed E-state index contributed by atoms with van der Waals surface area (Å²) >= 11 is 0. The number of piperidine rings is 1. The Bertz CT molecular complexity index is 856. The van der Waals surface area contributed by atoms with Gasteiger partial charge in [-0.05, 0) is 61.4 Å². The number of nitrogens with one attached hydrogen (secondary N) is 1. The number of benzene rings is 2. The van der Waals surface area contributed by atoms with Crippen LogP contribution < -0.4 is 10.1 Å². The standard InChI is InChI=1S/C21H21F3N2O3/c1-29-18-8-2-15(3-9-18)20(28)26-12-10-14(11-13-26)19(27)25-17-6-4-16(5-7-17)21(22,23)24/h2-9,14H,10-13H2,1H3,(H,25,27). The van der Waals surface area contributed by atoms with E-state index < -0.39 is 11.7 Å². The maximum absolute atomic E-state index is 12.6. The van der Waals surface area contributed by atoms with Crippen molar-refractivity contribution in [2.75, 3.05) is 25.5 Å². The summed E-state index contributed by atoms with van der Waals surface area (Å²) in [5.74, 6) is 0.0213. The third kappa shape index (κ3) is 5.07. The molecule has 0 saturated carbocycles. The number of rotatable bonds is 4. The lowest BCUT2D eigenvalue weighted by Gasteiger charge is -2.31. The van der Waals surface area contributed by atoms with E-state index in [4.69, 9.17) is 4.74 Å². The molecule has 0 aliphatic carbocycles. The molecule has 1 fully saturated rings. The number of nitrogens with zero attached hydrogens (tertiary/aromatic N) is 1. The molecule has 154 valence electrons. The Morgan fingerprint density at radius 2 is 1.59 bits per heavy atom. The molecule has 0 radical (unpaired) electrons. The lowest BCUT2D eigenvalue weighted by atomic mass is 9.95. The van der Waals surface area contributed by atoms with Crippen LogP contribution in [0.4, 0.5) is 18.9 Å². The van der Waals surface area contributed by atoms with Crippen LogP contribution in [0.25, 0.3) is 0 Å². The minimum absolute atomic E-state index is 0.103. The summed E-state index contributed by atoms with van der Waals surface area (Å²) in [5.41, 5.74) is 0.110. The molecule has 0 bridgehead atoms. The molecule has 2 aromatic rings. The second-order valence-corrected chi connectivity index (χ2v) is 6.86. The van der Waals surface area contributed by atoms with Crippen molar-refractivity contribution in [3.8, 4) is 5.75 Å². The van der Waals surface area contributed by atoms with Crippen molar-refractivity contribution in [2.45, 2.75) is 19.0 Å². The molecule has 8 heteroatoms. The third-order valence-electron chi connectivity index (χ3n) is 4.97. The van der Waals surface area contributed by atoms with E-state index in [1.54, 1.807) is 36.3 Å². The maximum atomic E-state index is 12.6. The van der Waals surface area contributed by atoms with E-state index in [-0.39, 0.29) is 17.7 Å². The fourth-order valence-electron chi connectivity index (χ4n) is 3.25. The summed E-state index contributed by atoms with van der Waals surface area (Å²) < 4.78 is 42.9. The van der Waals surface area contributed by atoms with Gasteiger partial charge in [-0.2, -0.15) is 13.2 Å². The zero-order chi connectivity index (χ0) is 21.0. The van der Waals surface area contributed by atoms with Gasteiger partial charge < -0.3 is 15.0 Å². The minimum Gasteiger partial charge on any atom is -0.497 e. The number of carbonyl (C=O) groups excluding carboxylic acids is 2. The summed E-state index contributed by atoms with van der Waals surface area (Å²) in [6.07, 6.45) is -3.42. The highest BCUT2D eigenvalue weighted by Crippen LogP contribution is 2.30. The van der Waals surface area contributed by atoms with Crippen LogP contribution in [0.2, 0.25) is 0 Å². The van der Waals surface area contributed by atoms with E-state index in [1.165, 1.54) is 12.1 Å². The fraction of sp³-hybridized carbons (Fsp3) is 0.333. The van der Waals surface area contributed by atoms with Crippen LogP contribution in [0, 0.1) is 5.92 Å². The Hall–Kier alpha value is -3.03. The Kier molecular flexibility index (Phi) is 6.10. The molecule has 5 nitrogen and oxygen atoms in total. The normalized spacial score (nSPS) is 15.1. The highest BCUT2D eigenvalue weighted by Gasteiger charge is 2.31. The van der Waals surface area contributed by atoms with Gasteiger partial charge in [0.1, 0.15) is 5.75 Å². The van der Waals surface area contributed by atoms with Gasteiger partial charge in [-0.3, -0.25) is 9.59 Å². The van der Waals surface area contributed by atoms with Crippen molar-refractivity contribution >= 4 is 17.5 Å². The molecule has 1 aliphatic heterocycles. The molecule has 1 aliphatic rings. The number of methoxy groups -OCH3 is 1. The molecule has 0 atom stereocenters. The van der Waals surface area contributed by atoms with Gasteiger partial charge in [0.2, 0.25) is 5.91 Å². The number of hydrogen-bond acceptors (Lipinski definition) is 3. The summed E-state index contributed by atoms with van der Waals surface area (Å²) in [6, 6.07) is 11.2. The van der Waals surface area contributed by atoms with Crippen LogP contribution in [0.3, 0.4) is 0 Å². The minimum atomic E-state index is -4.41.